The van der Waals surface area contributed by atoms with Crippen molar-refractivity contribution in [3.8, 4) is 0 Å². The van der Waals surface area contributed by atoms with Gasteiger partial charge in [-0.05, 0) is 28.1 Å². The summed E-state index contributed by atoms with van der Waals surface area (Å²) in [5.74, 6) is -0.377. The predicted octanol–water partition coefficient (Wildman–Crippen LogP) is 4.55. The van der Waals surface area contributed by atoms with E-state index >= 15 is 0 Å². The molecule has 0 N–H and O–H groups in total. The van der Waals surface area contributed by atoms with Crippen LogP contribution in [0.3, 0.4) is 0 Å². The molecule has 72 valence electrons. The lowest BCUT2D eigenvalue weighted by atomic mass is 10.2. The van der Waals surface area contributed by atoms with Crippen LogP contribution in [0.2, 0.25) is 5.02 Å². The number of hydrogen-bond donors (Lipinski definition) is 0. The summed E-state index contributed by atoms with van der Waals surface area (Å²) in [5.41, 5.74) is 0.271. The molecule has 0 bridgehead atoms. The number of nitrogens with zero attached hydrogens (tertiary/aromatic N) is 1. The molecule has 14 heavy (non-hydrogen) atoms. The van der Waals surface area contributed by atoms with Crippen LogP contribution in [-0.4, -0.2) is 4.98 Å². The van der Waals surface area contributed by atoms with Crippen LogP contribution in [0.25, 0.3) is 10.9 Å². The van der Waals surface area contributed by atoms with Gasteiger partial charge in [0.15, 0.2) is 0 Å². The van der Waals surface area contributed by atoms with Crippen LogP contribution < -0.4 is 0 Å². The first-order valence-electron chi connectivity index (χ1n) is 3.69. The summed E-state index contributed by atoms with van der Waals surface area (Å²) in [7, 11) is 0. The van der Waals surface area contributed by atoms with Gasteiger partial charge in [0.05, 0.1) is 9.50 Å². The Morgan fingerprint density at radius 1 is 1.21 bits per heavy atom. The van der Waals surface area contributed by atoms with Crippen molar-refractivity contribution in [2.24, 2.45) is 0 Å². The van der Waals surface area contributed by atoms with Crippen molar-refractivity contribution in [2.75, 3.05) is 0 Å². The molecule has 0 atom stereocenters. The van der Waals surface area contributed by atoms with E-state index in [9.17, 15) is 4.39 Å². The first-order chi connectivity index (χ1) is 6.61. The van der Waals surface area contributed by atoms with Crippen LogP contribution in [0.5, 0.6) is 0 Å². The Morgan fingerprint density at radius 2 is 1.93 bits per heavy atom. The Morgan fingerprint density at radius 3 is 2.64 bits per heavy atom. The molecule has 0 aliphatic heterocycles. The summed E-state index contributed by atoms with van der Waals surface area (Å²) in [4.78, 5) is 3.97. The second-order valence-electron chi connectivity index (χ2n) is 2.67. The van der Waals surface area contributed by atoms with Gasteiger partial charge in [-0.2, -0.15) is 0 Å². The number of halogens is 4. The fourth-order valence-corrected chi connectivity index (χ4v) is 2.35. The van der Waals surface area contributed by atoms with Crippen LogP contribution in [0.4, 0.5) is 4.39 Å². The zero-order chi connectivity index (χ0) is 10.3. The highest BCUT2D eigenvalue weighted by atomic mass is 79.9. The van der Waals surface area contributed by atoms with Crippen LogP contribution in [-0.2, 0) is 0 Å². The number of aromatic nitrogens is 1. The van der Waals surface area contributed by atoms with E-state index in [0.717, 1.165) is 4.47 Å². The Labute approximate surface area is 102 Å². The molecule has 0 saturated carbocycles. The predicted molar refractivity (Wildman–Crippen MR) is 62.1 cm³/mol. The van der Waals surface area contributed by atoms with E-state index in [1.807, 2.05) is 0 Å². The van der Waals surface area contributed by atoms with E-state index in [4.69, 9.17) is 11.6 Å². The van der Waals surface area contributed by atoms with E-state index in [2.05, 4.69) is 36.8 Å². The minimum absolute atomic E-state index is 0.271. The highest BCUT2D eigenvalue weighted by Crippen LogP contribution is 2.35. The number of benzene rings is 1. The van der Waals surface area contributed by atoms with Crippen molar-refractivity contribution in [2.45, 2.75) is 0 Å². The third-order valence-corrected chi connectivity index (χ3v) is 3.70. The van der Waals surface area contributed by atoms with Gasteiger partial charge in [-0.3, -0.25) is 4.98 Å². The molecular formula is C9H3Br2ClFN. The molecule has 0 radical (unpaired) electrons. The molecule has 0 aliphatic rings. The summed E-state index contributed by atoms with van der Waals surface area (Å²) in [5, 5.41) is 1.04. The first kappa shape index (κ1) is 10.3. The zero-order valence-corrected chi connectivity index (χ0v) is 10.6. The molecule has 0 unspecified atom stereocenters. The second kappa shape index (κ2) is 3.76. The molecule has 1 heterocycles. The van der Waals surface area contributed by atoms with Crippen LogP contribution in [0.1, 0.15) is 0 Å². The van der Waals surface area contributed by atoms with Crippen LogP contribution >= 0.6 is 43.5 Å². The monoisotopic (exact) mass is 337 g/mol. The highest BCUT2D eigenvalue weighted by Gasteiger charge is 2.11. The SMILES string of the molecule is Fc1ccc(Br)c2c(Cl)c(Br)cnc12. The minimum atomic E-state index is -0.377. The van der Waals surface area contributed by atoms with Crippen molar-refractivity contribution in [3.05, 3.63) is 38.1 Å². The van der Waals surface area contributed by atoms with Crippen LogP contribution in [0, 0.1) is 5.82 Å². The Bertz CT molecular complexity index is 516. The van der Waals surface area contributed by atoms with Crippen molar-refractivity contribution < 1.29 is 4.39 Å². The standard InChI is InChI=1S/C9H3Br2ClFN/c10-4-1-2-6(13)9-7(4)8(12)5(11)3-14-9/h1-3H. The first-order valence-corrected chi connectivity index (χ1v) is 5.65. The maximum Gasteiger partial charge on any atom is 0.149 e. The molecular weight excluding hydrogens is 336 g/mol. The molecule has 0 amide bonds. The zero-order valence-electron chi connectivity index (χ0n) is 6.69. The van der Waals surface area contributed by atoms with Crippen molar-refractivity contribution >= 4 is 54.4 Å². The molecule has 0 aliphatic carbocycles. The quantitative estimate of drug-likeness (QED) is 0.686. The topological polar surface area (TPSA) is 12.9 Å². The van der Waals surface area contributed by atoms with E-state index < -0.39 is 0 Å². The maximum absolute atomic E-state index is 13.3. The third-order valence-electron chi connectivity index (χ3n) is 1.81. The van der Waals surface area contributed by atoms with Gasteiger partial charge >= 0.3 is 0 Å². The lowest BCUT2D eigenvalue weighted by Crippen LogP contribution is -1.87. The van der Waals surface area contributed by atoms with E-state index in [0.29, 0.717) is 14.9 Å². The smallest absolute Gasteiger partial charge is 0.149 e. The van der Waals surface area contributed by atoms with E-state index in [1.54, 1.807) is 6.07 Å². The second-order valence-corrected chi connectivity index (χ2v) is 4.76. The molecule has 1 nitrogen and oxygen atoms in total. The largest absolute Gasteiger partial charge is 0.252 e. The summed E-state index contributed by atoms with van der Waals surface area (Å²) < 4.78 is 14.7. The van der Waals surface area contributed by atoms with E-state index in [1.165, 1.54) is 12.3 Å². The van der Waals surface area contributed by atoms with Gasteiger partial charge in [-0.15, -0.1) is 0 Å². The number of rotatable bonds is 0. The fraction of sp³-hybridized carbons (Fsp3) is 0. The average Bonchev–Trinajstić information content (AvgIpc) is 2.16. The normalized spacial score (nSPS) is 10.9. The van der Waals surface area contributed by atoms with Gasteiger partial charge in [0.25, 0.3) is 0 Å². The molecule has 0 saturated heterocycles. The summed E-state index contributed by atoms with van der Waals surface area (Å²) in [6, 6.07) is 2.96. The maximum atomic E-state index is 13.3. The van der Waals surface area contributed by atoms with Crippen molar-refractivity contribution in [1.82, 2.24) is 4.98 Å². The third kappa shape index (κ3) is 1.55. The molecule has 2 aromatic rings. The number of hydrogen-bond acceptors (Lipinski definition) is 1. The molecule has 5 heteroatoms. The molecule has 0 fully saturated rings. The van der Waals surface area contributed by atoms with Crippen LogP contribution in [0.15, 0.2) is 27.3 Å². The summed E-state index contributed by atoms with van der Waals surface area (Å²) in [6.07, 6.45) is 1.49. The fourth-order valence-electron chi connectivity index (χ4n) is 1.17. The van der Waals surface area contributed by atoms with Gasteiger partial charge < -0.3 is 0 Å². The molecule has 1 aromatic heterocycles. The van der Waals surface area contributed by atoms with Gasteiger partial charge in [0.1, 0.15) is 11.3 Å². The Balaban J connectivity index is 3.01. The minimum Gasteiger partial charge on any atom is -0.252 e. The van der Waals surface area contributed by atoms with Crippen molar-refractivity contribution in [3.63, 3.8) is 0 Å². The number of fused-ring (bicyclic) bond motifs is 1. The summed E-state index contributed by atoms with van der Waals surface area (Å²) >= 11 is 12.6. The average molecular weight is 339 g/mol. The lowest BCUT2D eigenvalue weighted by Gasteiger charge is -2.04. The van der Waals surface area contributed by atoms with Crippen molar-refractivity contribution in [1.29, 1.82) is 0 Å². The van der Waals surface area contributed by atoms with Gasteiger partial charge in [-0.1, -0.05) is 27.5 Å². The summed E-state index contributed by atoms with van der Waals surface area (Å²) in [6.45, 7) is 0. The lowest BCUT2D eigenvalue weighted by molar-refractivity contribution is 0.636. The Kier molecular flexibility index (Phi) is 2.77. The molecule has 2 rings (SSSR count). The highest BCUT2D eigenvalue weighted by molar-refractivity contribution is 9.11. The van der Waals surface area contributed by atoms with E-state index in [-0.39, 0.29) is 11.3 Å². The molecule has 0 spiro atoms. The van der Waals surface area contributed by atoms with Gasteiger partial charge in [0.2, 0.25) is 0 Å². The van der Waals surface area contributed by atoms with Gasteiger partial charge in [0, 0.05) is 16.1 Å². The molecule has 1 aromatic carbocycles. The Hall–Kier alpha value is -0.190. The number of pyridine rings is 1. The van der Waals surface area contributed by atoms with Gasteiger partial charge in [-0.25, -0.2) is 4.39 Å².